The highest BCUT2D eigenvalue weighted by Crippen LogP contribution is 2.12. The number of hydrogen-bond donors (Lipinski definition) is 2. The standard InChI is InChI=1S/C14H24FN5O/c1-2-4-17-14-18-11-12(15)13(19-14)16-5-3-6-20-7-9-21-10-8-20/h11H,2-10H2,1H3,(H2,16,17,18,19). The van der Waals surface area contributed by atoms with Crippen molar-refractivity contribution in [1.29, 1.82) is 0 Å². The number of anilines is 2. The molecule has 1 aliphatic heterocycles. The number of halogens is 1. The number of nitrogens with one attached hydrogen (secondary N) is 2. The molecule has 1 aliphatic rings. The maximum Gasteiger partial charge on any atom is 0.224 e. The summed E-state index contributed by atoms with van der Waals surface area (Å²) < 4.78 is 18.9. The first-order valence-electron chi connectivity index (χ1n) is 7.60. The van der Waals surface area contributed by atoms with Gasteiger partial charge in [0.15, 0.2) is 11.6 Å². The smallest absolute Gasteiger partial charge is 0.224 e. The van der Waals surface area contributed by atoms with Gasteiger partial charge in [-0.2, -0.15) is 4.98 Å². The molecular formula is C14H24FN5O. The fourth-order valence-electron chi connectivity index (χ4n) is 2.15. The molecule has 0 aliphatic carbocycles. The average Bonchev–Trinajstić information content (AvgIpc) is 2.53. The predicted molar refractivity (Wildman–Crippen MR) is 81.1 cm³/mol. The number of rotatable bonds is 8. The molecule has 0 saturated carbocycles. The van der Waals surface area contributed by atoms with Crippen LogP contribution in [0.1, 0.15) is 19.8 Å². The SMILES string of the molecule is CCCNc1ncc(F)c(NCCCN2CCOCC2)n1. The van der Waals surface area contributed by atoms with Gasteiger partial charge in [-0.05, 0) is 19.4 Å². The summed E-state index contributed by atoms with van der Waals surface area (Å²) in [5.74, 6) is 0.322. The summed E-state index contributed by atoms with van der Waals surface area (Å²) in [4.78, 5) is 10.4. The Balaban J connectivity index is 1.73. The van der Waals surface area contributed by atoms with Crippen LogP contribution in [0.25, 0.3) is 0 Å². The van der Waals surface area contributed by atoms with E-state index in [0.29, 0.717) is 12.5 Å². The zero-order chi connectivity index (χ0) is 14.9. The molecule has 0 amide bonds. The highest BCUT2D eigenvalue weighted by molar-refractivity contribution is 5.40. The quantitative estimate of drug-likeness (QED) is 0.710. The van der Waals surface area contributed by atoms with Gasteiger partial charge in [0.2, 0.25) is 5.95 Å². The average molecular weight is 297 g/mol. The Kier molecular flexibility index (Phi) is 6.62. The Bertz CT molecular complexity index is 426. The lowest BCUT2D eigenvalue weighted by Crippen LogP contribution is -2.37. The second-order valence-electron chi connectivity index (χ2n) is 5.05. The van der Waals surface area contributed by atoms with Crippen LogP contribution in [0.15, 0.2) is 6.20 Å². The summed E-state index contributed by atoms with van der Waals surface area (Å²) in [6.07, 6.45) is 3.12. The van der Waals surface area contributed by atoms with Crippen molar-refractivity contribution < 1.29 is 9.13 Å². The van der Waals surface area contributed by atoms with Gasteiger partial charge in [-0.3, -0.25) is 4.90 Å². The van der Waals surface area contributed by atoms with Crippen molar-refractivity contribution in [3.05, 3.63) is 12.0 Å². The molecule has 0 spiro atoms. The van der Waals surface area contributed by atoms with Crippen molar-refractivity contribution in [3.63, 3.8) is 0 Å². The molecule has 0 bridgehead atoms. The van der Waals surface area contributed by atoms with Crippen LogP contribution in [0.2, 0.25) is 0 Å². The molecular weight excluding hydrogens is 273 g/mol. The molecule has 1 fully saturated rings. The normalized spacial score (nSPS) is 15.9. The van der Waals surface area contributed by atoms with E-state index >= 15 is 0 Å². The summed E-state index contributed by atoms with van der Waals surface area (Å²) in [7, 11) is 0. The highest BCUT2D eigenvalue weighted by atomic mass is 19.1. The fourth-order valence-corrected chi connectivity index (χ4v) is 2.15. The second kappa shape index (κ2) is 8.74. The molecule has 7 heteroatoms. The molecule has 0 radical (unpaired) electrons. The van der Waals surface area contributed by atoms with Crippen molar-refractivity contribution in [2.45, 2.75) is 19.8 Å². The Morgan fingerprint density at radius 1 is 1.29 bits per heavy atom. The molecule has 2 N–H and O–H groups in total. The number of ether oxygens (including phenoxy) is 1. The van der Waals surface area contributed by atoms with Gasteiger partial charge < -0.3 is 15.4 Å². The minimum absolute atomic E-state index is 0.269. The lowest BCUT2D eigenvalue weighted by atomic mass is 10.3. The molecule has 1 saturated heterocycles. The Hall–Kier alpha value is -1.47. The summed E-state index contributed by atoms with van der Waals surface area (Å²) in [6, 6.07) is 0. The maximum atomic E-state index is 13.6. The molecule has 1 aromatic heterocycles. The van der Waals surface area contributed by atoms with Gasteiger partial charge in [0.25, 0.3) is 0 Å². The van der Waals surface area contributed by atoms with Crippen LogP contribution in [-0.2, 0) is 4.74 Å². The minimum Gasteiger partial charge on any atom is -0.379 e. The van der Waals surface area contributed by atoms with Gasteiger partial charge in [0.05, 0.1) is 19.4 Å². The van der Waals surface area contributed by atoms with Crippen molar-refractivity contribution in [3.8, 4) is 0 Å². The first-order chi connectivity index (χ1) is 10.3. The molecule has 2 heterocycles. The van der Waals surface area contributed by atoms with E-state index in [9.17, 15) is 4.39 Å². The molecule has 1 aromatic rings. The van der Waals surface area contributed by atoms with Crippen LogP contribution < -0.4 is 10.6 Å². The van der Waals surface area contributed by atoms with Crippen LogP contribution in [-0.4, -0.2) is 60.8 Å². The minimum atomic E-state index is -0.413. The van der Waals surface area contributed by atoms with Crippen LogP contribution >= 0.6 is 0 Å². The van der Waals surface area contributed by atoms with E-state index in [0.717, 1.165) is 52.2 Å². The Morgan fingerprint density at radius 3 is 2.86 bits per heavy atom. The summed E-state index contributed by atoms with van der Waals surface area (Å²) in [5, 5.41) is 6.10. The largest absolute Gasteiger partial charge is 0.379 e. The topological polar surface area (TPSA) is 62.3 Å². The molecule has 0 unspecified atom stereocenters. The van der Waals surface area contributed by atoms with Gasteiger partial charge in [-0.1, -0.05) is 6.92 Å². The van der Waals surface area contributed by atoms with Gasteiger partial charge in [0, 0.05) is 26.2 Å². The zero-order valence-electron chi connectivity index (χ0n) is 12.6. The molecule has 118 valence electrons. The lowest BCUT2D eigenvalue weighted by molar-refractivity contribution is 0.0378. The summed E-state index contributed by atoms with van der Waals surface area (Å²) in [5.41, 5.74) is 0. The van der Waals surface area contributed by atoms with Crippen molar-refractivity contribution in [2.24, 2.45) is 0 Å². The van der Waals surface area contributed by atoms with E-state index in [1.165, 1.54) is 6.20 Å². The third-order valence-electron chi connectivity index (χ3n) is 3.32. The van der Waals surface area contributed by atoms with E-state index in [-0.39, 0.29) is 5.82 Å². The van der Waals surface area contributed by atoms with Gasteiger partial charge in [-0.15, -0.1) is 0 Å². The highest BCUT2D eigenvalue weighted by Gasteiger charge is 2.10. The molecule has 6 nitrogen and oxygen atoms in total. The van der Waals surface area contributed by atoms with Gasteiger partial charge in [-0.25, -0.2) is 9.37 Å². The predicted octanol–water partition coefficient (Wildman–Crippen LogP) is 1.57. The van der Waals surface area contributed by atoms with Crippen LogP contribution in [0.4, 0.5) is 16.2 Å². The molecule has 2 rings (SSSR count). The van der Waals surface area contributed by atoms with E-state index < -0.39 is 5.82 Å². The number of morpholine rings is 1. The maximum absolute atomic E-state index is 13.6. The summed E-state index contributed by atoms with van der Waals surface area (Å²) in [6.45, 7) is 8.09. The third kappa shape index (κ3) is 5.43. The van der Waals surface area contributed by atoms with Crippen LogP contribution in [0.5, 0.6) is 0 Å². The third-order valence-corrected chi connectivity index (χ3v) is 3.32. The van der Waals surface area contributed by atoms with Crippen LogP contribution in [0.3, 0.4) is 0 Å². The van der Waals surface area contributed by atoms with Crippen molar-refractivity contribution in [2.75, 3.05) is 56.6 Å². The molecule has 0 atom stereocenters. The number of aromatic nitrogens is 2. The van der Waals surface area contributed by atoms with E-state index in [1.54, 1.807) is 0 Å². The first kappa shape index (κ1) is 15.9. The van der Waals surface area contributed by atoms with E-state index in [2.05, 4.69) is 32.4 Å². The Morgan fingerprint density at radius 2 is 2.10 bits per heavy atom. The van der Waals surface area contributed by atoms with E-state index in [1.807, 2.05) is 0 Å². The fraction of sp³-hybridized carbons (Fsp3) is 0.714. The molecule has 21 heavy (non-hydrogen) atoms. The monoisotopic (exact) mass is 297 g/mol. The second-order valence-corrected chi connectivity index (χ2v) is 5.05. The van der Waals surface area contributed by atoms with E-state index in [4.69, 9.17) is 4.74 Å². The Labute approximate surface area is 125 Å². The van der Waals surface area contributed by atoms with Crippen molar-refractivity contribution in [1.82, 2.24) is 14.9 Å². The number of nitrogens with zero attached hydrogens (tertiary/aromatic N) is 3. The zero-order valence-corrected chi connectivity index (χ0v) is 12.6. The van der Waals surface area contributed by atoms with Gasteiger partial charge in [0.1, 0.15) is 0 Å². The van der Waals surface area contributed by atoms with Crippen LogP contribution in [0, 0.1) is 5.82 Å². The lowest BCUT2D eigenvalue weighted by Gasteiger charge is -2.26. The van der Waals surface area contributed by atoms with Crippen molar-refractivity contribution >= 4 is 11.8 Å². The van der Waals surface area contributed by atoms with Gasteiger partial charge >= 0.3 is 0 Å². The number of hydrogen-bond acceptors (Lipinski definition) is 6. The first-order valence-corrected chi connectivity index (χ1v) is 7.60. The summed E-state index contributed by atoms with van der Waals surface area (Å²) >= 11 is 0. The molecule has 0 aromatic carbocycles.